The van der Waals surface area contributed by atoms with Crippen molar-refractivity contribution in [3.05, 3.63) is 28.0 Å². The third-order valence-electron chi connectivity index (χ3n) is 1.44. The smallest absolute Gasteiger partial charge is 0.366 e. The highest BCUT2D eigenvalue weighted by Crippen LogP contribution is 2.32. The number of pyridine rings is 1. The normalized spacial score (nSPS) is 11.4. The Bertz CT molecular complexity index is 378. The van der Waals surface area contributed by atoms with Crippen LogP contribution in [0.2, 0.25) is 0 Å². The van der Waals surface area contributed by atoms with Gasteiger partial charge in [-0.25, -0.2) is 4.98 Å². The Kier molecular flexibility index (Phi) is 2.79. The zero-order valence-corrected chi connectivity index (χ0v) is 8.19. The molecule has 0 atom stereocenters. The maximum atomic E-state index is 12.3. The Hall–Kier alpha value is -1.11. The number of amides is 1. The van der Waals surface area contributed by atoms with E-state index >= 15 is 0 Å². The SMILES string of the molecule is NC(=O)c1cc(Br)ncc1C(F)(F)F. The van der Waals surface area contributed by atoms with Crippen LogP contribution in [0.1, 0.15) is 15.9 Å². The quantitative estimate of drug-likeness (QED) is 0.792. The van der Waals surface area contributed by atoms with Gasteiger partial charge in [-0.2, -0.15) is 13.2 Å². The van der Waals surface area contributed by atoms with Gasteiger partial charge >= 0.3 is 6.18 Å². The minimum atomic E-state index is -4.63. The van der Waals surface area contributed by atoms with E-state index in [4.69, 9.17) is 5.73 Å². The molecule has 1 rings (SSSR count). The summed E-state index contributed by atoms with van der Waals surface area (Å²) in [5.41, 5.74) is 3.06. The summed E-state index contributed by atoms with van der Waals surface area (Å²) in [7, 11) is 0. The van der Waals surface area contributed by atoms with Crippen molar-refractivity contribution in [3.8, 4) is 0 Å². The first-order valence-electron chi connectivity index (χ1n) is 3.35. The van der Waals surface area contributed by atoms with E-state index < -0.39 is 23.2 Å². The number of halogens is 4. The van der Waals surface area contributed by atoms with Crippen LogP contribution in [0.3, 0.4) is 0 Å². The molecule has 7 heteroatoms. The predicted molar refractivity (Wildman–Crippen MR) is 45.5 cm³/mol. The fourth-order valence-corrected chi connectivity index (χ4v) is 1.19. The molecule has 0 saturated carbocycles. The summed E-state index contributed by atoms with van der Waals surface area (Å²) in [4.78, 5) is 14.1. The molecule has 0 radical (unpaired) electrons. The number of aromatic nitrogens is 1. The van der Waals surface area contributed by atoms with Gasteiger partial charge in [-0.05, 0) is 22.0 Å². The number of carbonyl (C=O) groups is 1. The summed E-state index contributed by atoms with van der Waals surface area (Å²) in [5, 5.41) is 0. The lowest BCUT2D eigenvalue weighted by Crippen LogP contribution is -2.19. The fourth-order valence-electron chi connectivity index (χ4n) is 0.860. The number of carbonyl (C=O) groups excluding carboxylic acids is 1. The van der Waals surface area contributed by atoms with Crippen molar-refractivity contribution < 1.29 is 18.0 Å². The summed E-state index contributed by atoms with van der Waals surface area (Å²) in [6.45, 7) is 0. The van der Waals surface area contributed by atoms with Crippen molar-refractivity contribution in [2.75, 3.05) is 0 Å². The minimum Gasteiger partial charge on any atom is -0.366 e. The molecule has 0 aliphatic heterocycles. The van der Waals surface area contributed by atoms with Crippen LogP contribution in [0, 0.1) is 0 Å². The Morgan fingerprint density at radius 2 is 2.07 bits per heavy atom. The van der Waals surface area contributed by atoms with Crippen molar-refractivity contribution >= 4 is 21.8 Å². The van der Waals surface area contributed by atoms with Crippen LogP contribution in [-0.4, -0.2) is 10.9 Å². The maximum absolute atomic E-state index is 12.3. The van der Waals surface area contributed by atoms with Crippen molar-refractivity contribution in [1.29, 1.82) is 0 Å². The van der Waals surface area contributed by atoms with Gasteiger partial charge in [0.1, 0.15) is 4.60 Å². The van der Waals surface area contributed by atoms with Crippen molar-refractivity contribution in [3.63, 3.8) is 0 Å². The Balaban J connectivity index is 3.37. The van der Waals surface area contributed by atoms with Crippen LogP contribution >= 0.6 is 15.9 Å². The molecule has 0 aromatic carbocycles. The predicted octanol–water partition coefficient (Wildman–Crippen LogP) is 1.96. The van der Waals surface area contributed by atoms with Gasteiger partial charge in [0.05, 0.1) is 11.1 Å². The van der Waals surface area contributed by atoms with E-state index in [1.54, 1.807) is 0 Å². The molecule has 1 aromatic heterocycles. The Morgan fingerprint density at radius 3 is 2.50 bits per heavy atom. The Labute approximate surface area is 85.2 Å². The molecule has 14 heavy (non-hydrogen) atoms. The molecule has 0 bridgehead atoms. The molecule has 0 fully saturated rings. The van der Waals surface area contributed by atoms with E-state index in [0.717, 1.165) is 6.07 Å². The van der Waals surface area contributed by atoms with Gasteiger partial charge in [0, 0.05) is 6.20 Å². The van der Waals surface area contributed by atoms with Crippen LogP contribution < -0.4 is 5.73 Å². The second-order valence-corrected chi connectivity index (χ2v) is 3.23. The van der Waals surface area contributed by atoms with E-state index in [2.05, 4.69) is 20.9 Å². The molecule has 2 N–H and O–H groups in total. The van der Waals surface area contributed by atoms with Gasteiger partial charge in [-0.3, -0.25) is 4.79 Å². The van der Waals surface area contributed by atoms with Crippen molar-refractivity contribution in [1.82, 2.24) is 4.98 Å². The van der Waals surface area contributed by atoms with Crippen LogP contribution in [0.5, 0.6) is 0 Å². The molecule has 1 amide bonds. The van der Waals surface area contributed by atoms with Crippen LogP contribution in [0.25, 0.3) is 0 Å². The molecular weight excluding hydrogens is 265 g/mol. The van der Waals surface area contributed by atoms with Crippen LogP contribution in [0.15, 0.2) is 16.9 Å². The number of primary amides is 1. The van der Waals surface area contributed by atoms with Crippen molar-refractivity contribution in [2.24, 2.45) is 5.73 Å². The monoisotopic (exact) mass is 268 g/mol. The second kappa shape index (κ2) is 3.56. The first-order chi connectivity index (χ1) is 6.32. The lowest BCUT2D eigenvalue weighted by Gasteiger charge is -2.09. The number of hydrogen-bond donors (Lipinski definition) is 1. The highest BCUT2D eigenvalue weighted by molar-refractivity contribution is 9.10. The first kappa shape index (κ1) is 11.0. The zero-order chi connectivity index (χ0) is 10.9. The first-order valence-corrected chi connectivity index (χ1v) is 4.14. The molecule has 76 valence electrons. The van der Waals surface area contributed by atoms with Gasteiger partial charge in [-0.15, -0.1) is 0 Å². The van der Waals surface area contributed by atoms with E-state index in [-0.39, 0.29) is 4.60 Å². The largest absolute Gasteiger partial charge is 0.418 e. The minimum absolute atomic E-state index is 0.124. The summed E-state index contributed by atoms with van der Waals surface area (Å²) in [5.74, 6) is -1.14. The summed E-state index contributed by atoms with van der Waals surface area (Å²) >= 11 is 2.85. The summed E-state index contributed by atoms with van der Waals surface area (Å²) < 4.78 is 37.0. The standard InChI is InChI=1S/C7H4BrF3N2O/c8-5-1-3(6(12)14)4(2-13-5)7(9,10)11/h1-2H,(H2,12,14). The molecule has 0 unspecified atom stereocenters. The molecular formula is C7H4BrF3N2O. The Morgan fingerprint density at radius 1 is 1.50 bits per heavy atom. The van der Waals surface area contributed by atoms with Crippen LogP contribution in [0.4, 0.5) is 13.2 Å². The lowest BCUT2D eigenvalue weighted by molar-refractivity contribution is -0.138. The third-order valence-corrected chi connectivity index (χ3v) is 1.88. The average Bonchev–Trinajstić information content (AvgIpc) is 2.01. The number of rotatable bonds is 1. The molecule has 0 saturated heterocycles. The summed E-state index contributed by atoms with van der Waals surface area (Å²) in [6, 6.07) is 0.936. The van der Waals surface area contributed by atoms with Crippen LogP contribution in [-0.2, 0) is 6.18 Å². The average molecular weight is 269 g/mol. The van der Waals surface area contributed by atoms with Crippen molar-refractivity contribution in [2.45, 2.75) is 6.18 Å². The number of alkyl halides is 3. The maximum Gasteiger partial charge on any atom is 0.418 e. The number of nitrogens with zero attached hydrogens (tertiary/aromatic N) is 1. The number of hydrogen-bond acceptors (Lipinski definition) is 2. The van der Waals surface area contributed by atoms with E-state index in [9.17, 15) is 18.0 Å². The lowest BCUT2D eigenvalue weighted by atomic mass is 10.1. The molecule has 1 aromatic rings. The van der Waals surface area contributed by atoms with Gasteiger partial charge in [0.25, 0.3) is 0 Å². The molecule has 1 heterocycles. The highest BCUT2D eigenvalue weighted by Gasteiger charge is 2.35. The van der Waals surface area contributed by atoms with Gasteiger partial charge in [0.15, 0.2) is 0 Å². The third kappa shape index (κ3) is 2.22. The second-order valence-electron chi connectivity index (χ2n) is 2.41. The molecule has 0 aliphatic carbocycles. The molecule has 0 aliphatic rings. The summed E-state index contributed by atoms with van der Waals surface area (Å²) in [6.07, 6.45) is -4.07. The topological polar surface area (TPSA) is 56.0 Å². The number of nitrogens with two attached hydrogens (primary N) is 1. The van der Waals surface area contributed by atoms with E-state index in [0.29, 0.717) is 6.20 Å². The highest BCUT2D eigenvalue weighted by atomic mass is 79.9. The van der Waals surface area contributed by atoms with Gasteiger partial charge in [-0.1, -0.05) is 0 Å². The zero-order valence-electron chi connectivity index (χ0n) is 6.60. The van der Waals surface area contributed by atoms with Gasteiger partial charge < -0.3 is 5.73 Å². The molecule has 3 nitrogen and oxygen atoms in total. The van der Waals surface area contributed by atoms with E-state index in [1.807, 2.05) is 0 Å². The molecule has 0 spiro atoms. The fraction of sp³-hybridized carbons (Fsp3) is 0.143. The van der Waals surface area contributed by atoms with Gasteiger partial charge in [0.2, 0.25) is 5.91 Å². The van der Waals surface area contributed by atoms with E-state index in [1.165, 1.54) is 0 Å².